The average molecular weight is 232 g/mol. The second kappa shape index (κ2) is 4.53. The van der Waals surface area contributed by atoms with Crippen LogP contribution >= 0.6 is 0 Å². The summed E-state index contributed by atoms with van der Waals surface area (Å²) < 4.78 is 26.2. The molecule has 1 aromatic heterocycles. The summed E-state index contributed by atoms with van der Waals surface area (Å²) in [6, 6.07) is 6.18. The molecule has 0 atom stereocenters. The third kappa shape index (κ3) is 2.52. The first-order valence-corrected chi connectivity index (χ1v) is 4.63. The fraction of sp³-hybridized carbons (Fsp3) is 0. The molecule has 0 aliphatic rings. The molecule has 1 N–H and O–H groups in total. The van der Waals surface area contributed by atoms with E-state index in [9.17, 15) is 8.78 Å². The molecule has 0 fully saturated rings. The summed E-state index contributed by atoms with van der Waals surface area (Å²) in [4.78, 5) is 7.45. The highest BCUT2D eigenvalue weighted by atomic mass is 19.1. The van der Waals surface area contributed by atoms with Crippen LogP contribution in [-0.4, -0.2) is 9.97 Å². The van der Waals surface area contributed by atoms with E-state index < -0.39 is 11.6 Å². The molecule has 0 bridgehead atoms. The highest BCUT2D eigenvalue weighted by Crippen LogP contribution is 2.19. The van der Waals surface area contributed by atoms with Gasteiger partial charge in [-0.15, -0.1) is 0 Å². The topological polar surface area (TPSA) is 61.6 Å². The Morgan fingerprint density at radius 3 is 2.76 bits per heavy atom. The summed E-state index contributed by atoms with van der Waals surface area (Å²) in [5.41, 5.74) is 0.0897. The van der Waals surface area contributed by atoms with Crippen LogP contribution in [0.1, 0.15) is 5.69 Å². The van der Waals surface area contributed by atoms with Gasteiger partial charge in [-0.25, -0.2) is 18.7 Å². The number of nitriles is 1. The lowest BCUT2D eigenvalue weighted by Crippen LogP contribution is -1.98. The molecular formula is C11H6F2N4. The maximum atomic E-state index is 13.3. The normalized spacial score (nSPS) is 9.71. The zero-order valence-corrected chi connectivity index (χ0v) is 8.48. The molecule has 0 aliphatic heterocycles. The van der Waals surface area contributed by atoms with E-state index >= 15 is 0 Å². The van der Waals surface area contributed by atoms with E-state index in [4.69, 9.17) is 5.26 Å². The zero-order chi connectivity index (χ0) is 12.3. The van der Waals surface area contributed by atoms with Crippen molar-refractivity contribution >= 4 is 11.5 Å². The quantitative estimate of drug-likeness (QED) is 0.863. The number of hydrogen-bond acceptors (Lipinski definition) is 4. The zero-order valence-electron chi connectivity index (χ0n) is 8.48. The first-order chi connectivity index (χ1) is 8.19. The lowest BCUT2D eigenvalue weighted by molar-refractivity contribution is 0.603. The molecular weight excluding hydrogens is 226 g/mol. The van der Waals surface area contributed by atoms with Gasteiger partial charge < -0.3 is 5.32 Å². The number of hydrogen-bond donors (Lipinski definition) is 1. The molecule has 0 radical (unpaired) electrons. The number of rotatable bonds is 2. The van der Waals surface area contributed by atoms with E-state index in [0.29, 0.717) is 0 Å². The van der Waals surface area contributed by atoms with Gasteiger partial charge in [0, 0.05) is 12.1 Å². The number of nitrogens with one attached hydrogen (secondary N) is 1. The van der Waals surface area contributed by atoms with Gasteiger partial charge in [0.25, 0.3) is 0 Å². The van der Waals surface area contributed by atoms with Crippen molar-refractivity contribution in [3.8, 4) is 6.07 Å². The van der Waals surface area contributed by atoms with Gasteiger partial charge in [0.15, 0.2) is 0 Å². The highest BCUT2D eigenvalue weighted by Gasteiger charge is 2.05. The van der Waals surface area contributed by atoms with Gasteiger partial charge in [0.2, 0.25) is 0 Å². The second-order valence-corrected chi connectivity index (χ2v) is 3.15. The monoisotopic (exact) mass is 232 g/mol. The van der Waals surface area contributed by atoms with Crippen molar-refractivity contribution in [3.05, 3.63) is 47.9 Å². The Bertz CT molecular complexity index is 592. The summed E-state index contributed by atoms with van der Waals surface area (Å²) in [6.07, 6.45) is 1.16. The summed E-state index contributed by atoms with van der Waals surface area (Å²) in [7, 11) is 0. The van der Waals surface area contributed by atoms with Crippen molar-refractivity contribution in [1.82, 2.24) is 9.97 Å². The fourth-order valence-corrected chi connectivity index (χ4v) is 1.22. The first kappa shape index (κ1) is 11.0. The average Bonchev–Trinajstić information content (AvgIpc) is 2.34. The number of benzene rings is 1. The van der Waals surface area contributed by atoms with E-state index in [2.05, 4.69) is 15.3 Å². The molecule has 0 saturated heterocycles. The van der Waals surface area contributed by atoms with E-state index in [1.54, 1.807) is 0 Å². The predicted octanol–water partition coefficient (Wildman–Crippen LogP) is 2.37. The van der Waals surface area contributed by atoms with Gasteiger partial charge in [0.05, 0.1) is 5.69 Å². The minimum Gasteiger partial charge on any atom is -0.338 e. The Balaban J connectivity index is 2.31. The van der Waals surface area contributed by atoms with Gasteiger partial charge in [-0.1, -0.05) is 0 Å². The van der Waals surface area contributed by atoms with Crippen LogP contribution < -0.4 is 5.32 Å². The number of anilines is 2. The largest absolute Gasteiger partial charge is 0.338 e. The van der Waals surface area contributed by atoms with Crippen LogP contribution in [0.3, 0.4) is 0 Å². The Labute approximate surface area is 95.6 Å². The number of halogens is 2. The summed E-state index contributed by atoms with van der Waals surface area (Å²) in [6.45, 7) is 0. The lowest BCUT2D eigenvalue weighted by Gasteiger charge is -2.06. The van der Waals surface area contributed by atoms with Crippen LogP contribution in [0.5, 0.6) is 0 Å². The second-order valence-electron chi connectivity index (χ2n) is 3.15. The van der Waals surface area contributed by atoms with E-state index in [0.717, 1.165) is 24.5 Å². The van der Waals surface area contributed by atoms with Gasteiger partial charge >= 0.3 is 0 Å². The summed E-state index contributed by atoms with van der Waals surface area (Å²) >= 11 is 0. The number of aromatic nitrogens is 2. The maximum absolute atomic E-state index is 13.3. The minimum absolute atomic E-state index is 0.0485. The fourth-order valence-electron chi connectivity index (χ4n) is 1.22. The maximum Gasteiger partial charge on any atom is 0.146 e. The van der Waals surface area contributed by atoms with E-state index in [1.165, 1.54) is 6.07 Å². The van der Waals surface area contributed by atoms with Crippen molar-refractivity contribution in [2.24, 2.45) is 0 Å². The van der Waals surface area contributed by atoms with Gasteiger partial charge in [-0.05, 0) is 12.1 Å². The van der Waals surface area contributed by atoms with Gasteiger partial charge in [0.1, 0.15) is 35.5 Å². The minimum atomic E-state index is -0.608. The van der Waals surface area contributed by atoms with Crippen LogP contribution in [0.15, 0.2) is 30.6 Å². The smallest absolute Gasteiger partial charge is 0.146 e. The molecule has 0 amide bonds. The molecule has 0 unspecified atom stereocenters. The summed E-state index contributed by atoms with van der Waals surface area (Å²) in [5, 5.41) is 11.2. The van der Waals surface area contributed by atoms with E-state index in [1.807, 2.05) is 6.07 Å². The van der Waals surface area contributed by atoms with Gasteiger partial charge in [-0.3, -0.25) is 0 Å². The molecule has 84 valence electrons. The number of nitrogens with zero attached hydrogens (tertiary/aromatic N) is 3. The standard InChI is InChI=1S/C11H6F2N4/c12-7-1-2-9(13)10(3-7)17-11-4-8(5-14)15-6-16-11/h1-4,6H,(H,15,16,17). The first-order valence-electron chi connectivity index (χ1n) is 4.63. The third-order valence-electron chi connectivity index (χ3n) is 1.97. The van der Waals surface area contributed by atoms with Gasteiger partial charge in [-0.2, -0.15) is 5.26 Å². The van der Waals surface area contributed by atoms with Crippen molar-refractivity contribution < 1.29 is 8.78 Å². The molecule has 0 aliphatic carbocycles. The highest BCUT2D eigenvalue weighted by molar-refractivity contribution is 5.57. The van der Waals surface area contributed by atoms with Crippen LogP contribution in [0, 0.1) is 23.0 Å². The van der Waals surface area contributed by atoms with Crippen LogP contribution in [0.4, 0.5) is 20.3 Å². The molecule has 17 heavy (non-hydrogen) atoms. The van der Waals surface area contributed by atoms with Crippen LogP contribution in [-0.2, 0) is 0 Å². The third-order valence-corrected chi connectivity index (χ3v) is 1.97. The van der Waals surface area contributed by atoms with Crippen molar-refractivity contribution in [1.29, 1.82) is 5.26 Å². The Hall–Kier alpha value is -2.55. The Morgan fingerprint density at radius 2 is 2.00 bits per heavy atom. The molecule has 2 rings (SSSR count). The molecule has 0 saturated carbocycles. The molecule has 1 heterocycles. The summed E-state index contributed by atoms with van der Waals surface area (Å²) in [5.74, 6) is -0.951. The molecule has 0 spiro atoms. The van der Waals surface area contributed by atoms with Crippen LogP contribution in [0.25, 0.3) is 0 Å². The molecule has 6 heteroatoms. The van der Waals surface area contributed by atoms with Crippen molar-refractivity contribution in [3.63, 3.8) is 0 Å². The Kier molecular flexibility index (Phi) is 2.92. The SMILES string of the molecule is N#Cc1cc(Nc2cc(F)ccc2F)ncn1. The van der Waals surface area contributed by atoms with Crippen molar-refractivity contribution in [2.75, 3.05) is 5.32 Å². The van der Waals surface area contributed by atoms with Crippen LogP contribution in [0.2, 0.25) is 0 Å². The lowest BCUT2D eigenvalue weighted by atomic mass is 10.3. The predicted molar refractivity (Wildman–Crippen MR) is 56.4 cm³/mol. The molecule has 2 aromatic rings. The molecule has 4 nitrogen and oxygen atoms in total. The van der Waals surface area contributed by atoms with E-state index in [-0.39, 0.29) is 17.2 Å². The molecule has 1 aromatic carbocycles. The Morgan fingerprint density at radius 1 is 1.18 bits per heavy atom. The van der Waals surface area contributed by atoms with Crippen molar-refractivity contribution in [2.45, 2.75) is 0 Å².